The van der Waals surface area contributed by atoms with Gasteiger partial charge in [0.05, 0.1) is 12.2 Å². The first kappa shape index (κ1) is 14.8. The van der Waals surface area contributed by atoms with E-state index in [1.54, 1.807) is 13.0 Å². The van der Waals surface area contributed by atoms with Crippen LogP contribution in [-0.2, 0) is 15.7 Å². The van der Waals surface area contributed by atoms with Gasteiger partial charge in [0, 0.05) is 0 Å². The van der Waals surface area contributed by atoms with Gasteiger partial charge in [-0.3, -0.25) is 0 Å². The lowest BCUT2D eigenvalue weighted by molar-refractivity contribution is -0.138. The highest BCUT2D eigenvalue weighted by Gasteiger charge is 2.30. The number of nitrogens with zero attached hydrogens (tertiary/aromatic N) is 1. The zero-order valence-corrected chi connectivity index (χ0v) is 9.99. The minimum Gasteiger partial charge on any atom is -0.462 e. The zero-order valence-electron chi connectivity index (χ0n) is 9.99. The summed E-state index contributed by atoms with van der Waals surface area (Å²) in [5.41, 5.74) is -1.08. The lowest BCUT2D eigenvalue weighted by Crippen LogP contribution is -2.07. The molecule has 0 heterocycles. The molecule has 0 saturated carbocycles. The van der Waals surface area contributed by atoms with Crippen molar-refractivity contribution in [2.45, 2.75) is 13.1 Å². The minimum absolute atomic E-state index is 0.0838. The SMILES string of the molecule is CCOC(=O)C(C#N)=Cc1cccc(C(F)(F)F)c1. The highest BCUT2D eigenvalue weighted by Crippen LogP contribution is 2.29. The van der Waals surface area contributed by atoms with Crippen LogP contribution in [0.5, 0.6) is 0 Å². The zero-order chi connectivity index (χ0) is 14.5. The largest absolute Gasteiger partial charge is 0.462 e. The number of rotatable bonds is 3. The Kier molecular flexibility index (Phi) is 4.70. The van der Waals surface area contributed by atoms with Gasteiger partial charge in [-0.2, -0.15) is 18.4 Å². The highest BCUT2D eigenvalue weighted by atomic mass is 19.4. The first-order chi connectivity index (χ1) is 8.88. The Bertz CT molecular complexity index is 542. The van der Waals surface area contributed by atoms with Gasteiger partial charge in [-0.05, 0) is 30.7 Å². The predicted octanol–water partition coefficient (Wildman–Crippen LogP) is 3.18. The molecule has 1 aromatic carbocycles. The molecule has 0 N–H and O–H groups in total. The minimum atomic E-state index is -4.47. The fourth-order valence-corrected chi connectivity index (χ4v) is 1.32. The van der Waals surface area contributed by atoms with Gasteiger partial charge >= 0.3 is 12.1 Å². The van der Waals surface area contributed by atoms with E-state index in [4.69, 9.17) is 5.26 Å². The van der Waals surface area contributed by atoms with Gasteiger partial charge < -0.3 is 4.74 Å². The van der Waals surface area contributed by atoms with Crippen LogP contribution in [0.4, 0.5) is 13.2 Å². The van der Waals surface area contributed by atoms with E-state index in [1.807, 2.05) is 0 Å². The molecule has 0 aliphatic heterocycles. The summed E-state index contributed by atoms with van der Waals surface area (Å²) in [5.74, 6) is -0.859. The lowest BCUT2D eigenvalue weighted by atomic mass is 10.1. The summed E-state index contributed by atoms with van der Waals surface area (Å²) in [6.45, 7) is 1.65. The van der Waals surface area contributed by atoms with Crippen LogP contribution in [0, 0.1) is 11.3 Å². The van der Waals surface area contributed by atoms with Crippen molar-refractivity contribution in [3.05, 3.63) is 41.0 Å². The van der Waals surface area contributed by atoms with Crippen LogP contribution in [0.2, 0.25) is 0 Å². The van der Waals surface area contributed by atoms with E-state index in [2.05, 4.69) is 4.74 Å². The van der Waals surface area contributed by atoms with Crippen molar-refractivity contribution in [1.29, 1.82) is 5.26 Å². The third kappa shape index (κ3) is 4.14. The van der Waals surface area contributed by atoms with Crippen molar-refractivity contribution < 1.29 is 22.7 Å². The van der Waals surface area contributed by atoms with Crippen LogP contribution in [-0.4, -0.2) is 12.6 Å². The van der Waals surface area contributed by atoms with E-state index in [0.29, 0.717) is 0 Å². The maximum Gasteiger partial charge on any atom is 0.416 e. The summed E-state index contributed by atoms with van der Waals surface area (Å²) in [6, 6.07) is 5.94. The van der Waals surface area contributed by atoms with Gasteiger partial charge in [-0.25, -0.2) is 4.79 Å². The van der Waals surface area contributed by atoms with Crippen molar-refractivity contribution in [1.82, 2.24) is 0 Å². The Morgan fingerprint density at radius 1 is 1.47 bits per heavy atom. The fraction of sp³-hybridized carbons (Fsp3) is 0.231. The molecule has 1 aromatic rings. The smallest absolute Gasteiger partial charge is 0.416 e. The molecule has 6 heteroatoms. The molecular formula is C13H10F3NO2. The van der Waals surface area contributed by atoms with E-state index in [0.717, 1.165) is 18.2 Å². The number of ether oxygens (including phenoxy) is 1. The molecule has 0 fully saturated rings. The third-order valence-corrected chi connectivity index (χ3v) is 2.14. The number of hydrogen-bond donors (Lipinski definition) is 0. The average Bonchev–Trinajstić information content (AvgIpc) is 2.35. The molecule has 0 unspecified atom stereocenters. The van der Waals surface area contributed by atoms with Gasteiger partial charge in [0.2, 0.25) is 0 Å². The van der Waals surface area contributed by atoms with Crippen molar-refractivity contribution in [3.63, 3.8) is 0 Å². The maximum atomic E-state index is 12.5. The molecule has 0 aromatic heterocycles. The highest BCUT2D eigenvalue weighted by molar-refractivity contribution is 5.97. The normalized spacial score (nSPS) is 11.8. The predicted molar refractivity (Wildman–Crippen MR) is 61.7 cm³/mol. The number of alkyl halides is 3. The van der Waals surface area contributed by atoms with E-state index >= 15 is 0 Å². The van der Waals surface area contributed by atoms with E-state index < -0.39 is 17.7 Å². The average molecular weight is 269 g/mol. The second-order valence-corrected chi connectivity index (χ2v) is 3.51. The molecule has 3 nitrogen and oxygen atoms in total. The Morgan fingerprint density at radius 3 is 2.68 bits per heavy atom. The van der Waals surface area contributed by atoms with Crippen LogP contribution < -0.4 is 0 Å². The lowest BCUT2D eigenvalue weighted by Gasteiger charge is -2.07. The molecule has 1 rings (SSSR count). The molecule has 0 bridgehead atoms. The number of hydrogen-bond acceptors (Lipinski definition) is 3. The van der Waals surface area contributed by atoms with Gasteiger partial charge in [0.15, 0.2) is 0 Å². The Labute approximate surface area is 107 Å². The summed E-state index contributed by atoms with van der Waals surface area (Å²) < 4.78 is 42.1. The topological polar surface area (TPSA) is 50.1 Å². The van der Waals surface area contributed by atoms with Crippen molar-refractivity contribution >= 4 is 12.0 Å². The van der Waals surface area contributed by atoms with E-state index in [9.17, 15) is 18.0 Å². The number of halogens is 3. The molecule has 0 atom stereocenters. The standard InChI is InChI=1S/C13H10F3NO2/c1-2-19-12(18)10(8-17)6-9-4-3-5-11(7-9)13(14,15)16/h3-7H,2H2,1H3. The molecule has 0 saturated heterocycles. The van der Waals surface area contributed by atoms with Gasteiger partial charge in [-0.15, -0.1) is 0 Å². The Balaban J connectivity index is 3.10. The van der Waals surface area contributed by atoms with E-state index in [1.165, 1.54) is 12.1 Å². The van der Waals surface area contributed by atoms with Crippen LogP contribution in [0.15, 0.2) is 29.8 Å². The molecule has 100 valence electrons. The van der Waals surface area contributed by atoms with Gasteiger partial charge in [-0.1, -0.05) is 12.1 Å². The summed E-state index contributed by atoms with van der Waals surface area (Å²) in [5, 5.41) is 8.77. The molecular weight excluding hydrogens is 259 g/mol. The first-order valence-corrected chi connectivity index (χ1v) is 5.34. The molecule has 0 amide bonds. The Hall–Kier alpha value is -2.29. The molecule has 0 aliphatic rings. The molecule has 19 heavy (non-hydrogen) atoms. The van der Waals surface area contributed by atoms with Crippen molar-refractivity contribution in [3.8, 4) is 6.07 Å². The number of nitriles is 1. The quantitative estimate of drug-likeness (QED) is 0.481. The van der Waals surface area contributed by atoms with Crippen molar-refractivity contribution in [2.24, 2.45) is 0 Å². The van der Waals surface area contributed by atoms with Crippen LogP contribution in [0.1, 0.15) is 18.1 Å². The molecule has 0 spiro atoms. The summed E-state index contributed by atoms with van der Waals surface area (Å²) >= 11 is 0. The second-order valence-electron chi connectivity index (χ2n) is 3.51. The summed E-state index contributed by atoms with van der Waals surface area (Å²) in [6.07, 6.45) is -3.41. The number of benzene rings is 1. The van der Waals surface area contributed by atoms with Gasteiger partial charge in [0.25, 0.3) is 0 Å². The summed E-state index contributed by atoms with van der Waals surface area (Å²) in [7, 11) is 0. The fourth-order valence-electron chi connectivity index (χ4n) is 1.32. The Morgan fingerprint density at radius 2 is 2.16 bits per heavy atom. The molecule has 0 radical (unpaired) electrons. The monoisotopic (exact) mass is 269 g/mol. The van der Waals surface area contributed by atoms with Crippen LogP contribution >= 0.6 is 0 Å². The molecule has 0 aliphatic carbocycles. The number of carbonyl (C=O) groups is 1. The van der Waals surface area contributed by atoms with Crippen molar-refractivity contribution in [2.75, 3.05) is 6.61 Å². The second kappa shape index (κ2) is 6.05. The summed E-state index contributed by atoms with van der Waals surface area (Å²) in [4.78, 5) is 11.3. The van der Waals surface area contributed by atoms with Crippen LogP contribution in [0.3, 0.4) is 0 Å². The third-order valence-electron chi connectivity index (χ3n) is 2.14. The van der Waals surface area contributed by atoms with Gasteiger partial charge in [0.1, 0.15) is 11.6 Å². The van der Waals surface area contributed by atoms with E-state index in [-0.39, 0.29) is 17.7 Å². The van der Waals surface area contributed by atoms with Crippen LogP contribution in [0.25, 0.3) is 6.08 Å². The number of carbonyl (C=O) groups excluding carboxylic acids is 1. The first-order valence-electron chi connectivity index (χ1n) is 5.34. The number of esters is 1. The maximum absolute atomic E-state index is 12.5.